The molecular weight excluding hydrogens is 422 g/mol. The van der Waals surface area contributed by atoms with E-state index in [9.17, 15) is 4.79 Å². The second-order valence-electron chi connectivity index (χ2n) is 6.98. The lowest BCUT2D eigenvalue weighted by molar-refractivity contribution is 0.104. The number of hydrogen-bond acceptors (Lipinski definition) is 5. The Bertz CT molecular complexity index is 1180. The summed E-state index contributed by atoms with van der Waals surface area (Å²) in [5.41, 5.74) is 1.53. The minimum Gasteiger partial charge on any atom is -0.481 e. The van der Waals surface area contributed by atoms with E-state index in [1.807, 2.05) is 44.3 Å². The monoisotopic (exact) mass is 439 g/mol. The fourth-order valence-electron chi connectivity index (χ4n) is 2.90. The van der Waals surface area contributed by atoms with Gasteiger partial charge in [0.15, 0.2) is 5.43 Å². The van der Waals surface area contributed by atoms with Gasteiger partial charge in [0.1, 0.15) is 22.6 Å². The van der Waals surface area contributed by atoms with Crippen molar-refractivity contribution >= 4 is 26.9 Å². The Morgan fingerprint density at radius 1 is 1.14 bits per heavy atom. The minimum absolute atomic E-state index is 0.0806. The molecule has 0 saturated carbocycles. The quantitative estimate of drug-likeness (QED) is 0.457. The summed E-state index contributed by atoms with van der Waals surface area (Å²) in [6, 6.07) is 14.6. The van der Waals surface area contributed by atoms with Crippen LogP contribution in [0.1, 0.15) is 25.1 Å². The Morgan fingerprint density at radius 2 is 1.93 bits per heavy atom. The van der Waals surface area contributed by atoms with Gasteiger partial charge < -0.3 is 9.15 Å². The summed E-state index contributed by atoms with van der Waals surface area (Å²) in [4.78, 5) is 11.8. The fourth-order valence-corrected chi connectivity index (χ4v) is 3.17. The van der Waals surface area contributed by atoms with E-state index in [2.05, 4.69) is 26.2 Å². The van der Waals surface area contributed by atoms with Gasteiger partial charge in [-0.05, 0) is 43.7 Å². The predicted octanol–water partition coefficient (Wildman–Crippen LogP) is 4.51. The first kappa shape index (κ1) is 18.4. The van der Waals surface area contributed by atoms with Crippen LogP contribution in [0, 0.1) is 0 Å². The van der Waals surface area contributed by atoms with E-state index in [0.29, 0.717) is 29.0 Å². The zero-order valence-electron chi connectivity index (χ0n) is 15.4. The van der Waals surface area contributed by atoms with E-state index >= 15 is 0 Å². The maximum atomic E-state index is 11.8. The molecule has 4 aromatic rings. The number of aromatic nitrogens is 3. The molecule has 2 aromatic carbocycles. The molecule has 0 bridgehead atoms. The van der Waals surface area contributed by atoms with E-state index in [1.165, 1.54) is 12.3 Å². The maximum absolute atomic E-state index is 11.8. The smallest absolute Gasteiger partial charge is 0.192 e. The summed E-state index contributed by atoms with van der Waals surface area (Å²) in [5.74, 6) is 0.592. The highest BCUT2D eigenvalue weighted by atomic mass is 79.9. The fraction of sp³-hybridized carbons (Fsp3) is 0.190. The number of fused-ring (bicyclic) bond motifs is 1. The Morgan fingerprint density at radius 3 is 2.71 bits per heavy atom. The van der Waals surface area contributed by atoms with Gasteiger partial charge in [0.25, 0.3) is 0 Å². The van der Waals surface area contributed by atoms with Gasteiger partial charge in [0.2, 0.25) is 0 Å². The number of hydrogen-bond donors (Lipinski definition) is 0. The van der Waals surface area contributed by atoms with Crippen molar-refractivity contribution in [1.29, 1.82) is 0 Å². The van der Waals surface area contributed by atoms with Gasteiger partial charge >= 0.3 is 0 Å². The van der Waals surface area contributed by atoms with Gasteiger partial charge in [-0.25, -0.2) is 4.68 Å². The van der Waals surface area contributed by atoms with Crippen molar-refractivity contribution in [3.05, 3.63) is 86.9 Å². The van der Waals surface area contributed by atoms with Crippen LogP contribution in [-0.2, 0) is 12.1 Å². The van der Waals surface area contributed by atoms with Crippen molar-refractivity contribution in [2.45, 2.75) is 26.0 Å². The van der Waals surface area contributed by atoms with Crippen LogP contribution in [0.2, 0.25) is 0 Å². The molecule has 7 heteroatoms. The largest absolute Gasteiger partial charge is 0.481 e. The van der Waals surface area contributed by atoms with Crippen LogP contribution in [0.15, 0.2) is 74.7 Å². The van der Waals surface area contributed by atoms with Gasteiger partial charge in [0.05, 0.1) is 24.4 Å². The highest BCUT2D eigenvalue weighted by Crippen LogP contribution is 2.28. The molecule has 6 nitrogen and oxygen atoms in total. The summed E-state index contributed by atoms with van der Waals surface area (Å²) in [6.07, 6.45) is 3.26. The van der Waals surface area contributed by atoms with Crippen LogP contribution in [0.3, 0.4) is 0 Å². The van der Waals surface area contributed by atoms with Gasteiger partial charge in [-0.2, -0.15) is 0 Å². The summed E-state index contributed by atoms with van der Waals surface area (Å²) in [7, 11) is 0. The number of halogens is 1. The average Bonchev–Trinajstić information content (AvgIpc) is 3.13. The molecule has 0 aliphatic carbocycles. The van der Waals surface area contributed by atoms with E-state index in [0.717, 1.165) is 10.0 Å². The second-order valence-corrected chi connectivity index (χ2v) is 7.90. The van der Waals surface area contributed by atoms with E-state index in [-0.39, 0.29) is 5.43 Å². The minimum atomic E-state index is -0.708. The molecule has 0 saturated heterocycles. The first-order chi connectivity index (χ1) is 13.4. The lowest BCUT2D eigenvalue weighted by atomic mass is 10.1. The van der Waals surface area contributed by atoms with Crippen molar-refractivity contribution in [3.8, 4) is 5.75 Å². The van der Waals surface area contributed by atoms with E-state index in [1.54, 1.807) is 22.9 Å². The molecule has 2 heterocycles. The van der Waals surface area contributed by atoms with Gasteiger partial charge in [-0.15, -0.1) is 5.10 Å². The van der Waals surface area contributed by atoms with Crippen LogP contribution < -0.4 is 10.2 Å². The zero-order valence-corrected chi connectivity index (χ0v) is 17.0. The molecule has 0 fully saturated rings. The molecule has 4 rings (SSSR count). The topological polar surface area (TPSA) is 70.2 Å². The Hall–Kier alpha value is -2.93. The molecule has 0 atom stereocenters. The van der Waals surface area contributed by atoms with Crippen LogP contribution in [0.25, 0.3) is 11.0 Å². The lowest BCUT2D eigenvalue weighted by Crippen LogP contribution is -2.25. The van der Waals surface area contributed by atoms with Crippen molar-refractivity contribution in [2.24, 2.45) is 0 Å². The maximum Gasteiger partial charge on any atom is 0.192 e. The predicted molar refractivity (Wildman–Crippen MR) is 109 cm³/mol. The van der Waals surface area contributed by atoms with Crippen LogP contribution >= 0.6 is 15.9 Å². The molecule has 0 radical (unpaired) electrons. The number of benzene rings is 2. The summed E-state index contributed by atoms with van der Waals surface area (Å²) >= 11 is 3.44. The standard InChI is InChI=1S/C21H18BrN3O3/c1-21(2,28-16-7-8-17-18(26)9-10-27-19(17)11-16)20-13-25(24-23-20)12-14-3-5-15(22)6-4-14/h3-11,13H,12H2,1-2H3. The molecule has 0 aliphatic heterocycles. The highest BCUT2D eigenvalue weighted by Gasteiger charge is 2.27. The first-order valence-electron chi connectivity index (χ1n) is 8.76. The highest BCUT2D eigenvalue weighted by molar-refractivity contribution is 9.10. The Labute approximate surface area is 169 Å². The number of nitrogens with zero attached hydrogens (tertiary/aromatic N) is 3. The van der Waals surface area contributed by atoms with Gasteiger partial charge in [-0.1, -0.05) is 33.3 Å². The van der Waals surface area contributed by atoms with E-state index < -0.39 is 5.60 Å². The molecule has 2 aromatic heterocycles. The van der Waals surface area contributed by atoms with Crippen molar-refractivity contribution in [3.63, 3.8) is 0 Å². The van der Waals surface area contributed by atoms with Crippen molar-refractivity contribution in [1.82, 2.24) is 15.0 Å². The molecule has 0 spiro atoms. The van der Waals surface area contributed by atoms with E-state index in [4.69, 9.17) is 9.15 Å². The summed E-state index contributed by atoms with van der Waals surface area (Å²) in [6.45, 7) is 4.47. The summed E-state index contributed by atoms with van der Waals surface area (Å²) in [5, 5.41) is 9.02. The SMILES string of the molecule is CC(C)(Oc1ccc2c(=O)ccoc2c1)c1cn(Cc2ccc(Br)cc2)nn1. The van der Waals surface area contributed by atoms with Gasteiger partial charge in [0, 0.05) is 16.6 Å². The average molecular weight is 440 g/mol. The normalized spacial score (nSPS) is 11.7. The van der Waals surface area contributed by atoms with Crippen LogP contribution in [0.4, 0.5) is 0 Å². The molecule has 0 amide bonds. The molecule has 0 unspecified atom stereocenters. The third-order valence-electron chi connectivity index (χ3n) is 4.42. The molecule has 0 N–H and O–H groups in total. The van der Waals surface area contributed by atoms with Crippen LogP contribution in [0.5, 0.6) is 5.75 Å². The van der Waals surface area contributed by atoms with Crippen LogP contribution in [-0.4, -0.2) is 15.0 Å². The van der Waals surface area contributed by atoms with Crippen molar-refractivity contribution in [2.75, 3.05) is 0 Å². The second kappa shape index (κ2) is 7.24. The third kappa shape index (κ3) is 3.84. The number of ether oxygens (including phenoxy) is 1. The van der Waals surface area contributed by atoms with Crippen molar-refractivity contribution < 1.29 is 9.15 Å². The third-order valence-corrected chi connectivity index (χ3v) is 4.95. The van der Waals surface area contributed by atoms with Gasteiger partial charge in [-0.3, -0.25) is 4.79 Å². The zero-order chi connectivity index (χ0) is 19.7. The first-order valence-corrected chi connectivity index (χ1v) is 9.56. The number of rotatable bonds is 5. The Kier molecular flexibility index (Phi) is 4.77. The molecule has 0 aliphatic rings. The molecule has 28 heavy (non-hydrogen) atoms. The lowest BCUT2D eigenvalue weighted by Gasteiger charge is -2.24. The molecule has 142 valence electrons. The molecular formula is C21H18BrN3O3. The summed E-state index contributed by atoms with van der Waals surface area (Å²) < 4.78 is 14.4. The Balaban J connectivity index is 1.54.